The minimum absolute atomic E-state index is 0.0213. The Hall–Kier alpha value is -4.77. The number of hydrogen-bond acceptors (Lipinski definition) is 7. The molecule has 4 bridgehead atoms. The minimum Gasteiger partial charge on any atom is -0.475 e. The molecule has 0 radical (unpaired) electrons. The molecule has 2 aliphatic rings. The highest BCUT2D eigenvalue weighted by Gasteiger charge is 2.36. The van der Waals surface area contributed by atoms with Crippen LogP contribution in [0.4, 0.5) is 5.95 Å². The van der Waals surface area contributed by atoms with Crippen molar-refractivity contribution < 1.29 is 22.7 Å². The lowest BCUT2D eigenvalue weighted by Crippen LogP contribution is -2.50. The fourth-order valence-corrected chi connectivity index (χ4v) is 7.86. The van der Waals surface area contributed by atoms with Gasteiger partial charge in [0.05, 0.1) is 22.7 Å². The molecule has 4 aromatic rings. The second-order valence-corrected chi connectivity index (χ2v) is 15.8. The molecule has 256 valence electrons. The number of ether oxygens (including phenoxy) is 1. The number of nitrogens with one attached hydrogen (secondary N) is 1. The highest BCUT2D eigenvalue weighted by molar-refractivity contribution is 7.92. The lowest BCUT2D eigenvalue weighted by molar-refractivity contribution is -0.133. The van der Waals surface area contributed by atoms with E-state index in [1.54, 1.807) is 17.0 Å². The van der Waals surface area contributed by atoms with Crippen LogP contribution in [-0.2, 0) is 14.8 Å². The molecule has 11 heteroatoms. The number of aryl methyl sites for hydroxylation is 2. The van der Waals surface area contributed by atoms with Gasteiger partial charge in [0, 0.05) is 23.7 Å². The van der Waals surface area contributed by atoms with Crippen LogP contribution in [-0.4, -0.2) is 65.7 Å². The van der Waals surface area contributed by atoms with E-state index in [1.165, 1.54) is 18.2 Å². The summed E-state index contributed by atoms with van der Waals surface area (Å²) in [7, 11) is -4.21. The first-order valence-corrected chi connectivity index (χ1v) is 18.1. The lowest BCUT2D eigenvalue weighted by Gasteiger charge is -2.37. The molecule has 2 atom stereocenters. The van der Waals surface area contributed by atoms with Crippen molar-refractivity contribution in [3.63, 3.8) is 0 Å². The Labute approximate surface area is 288 Å². The SMILES string of the molecule is Cc1cccc(C)c1-c1cc2nc(n1)NS(=O)(=O)c1cccc(c1)C(=O)N(CC(=O)N1CCCC1c1ccccc1)[C@H](CC(C)(C)C)CO2. The van der Waals surface area contributed by atoms with Crippen molar-refractivity contribution in [2.75, 3.05) is 24.4 Å². The van der Waals surface area contributed by atoms with Gasteiger partial charge in [0.1, 0.15) is 13.2 Å². The summed E-state index contributed by atoms with van der Waals surface area (Å²) in [6, 6.07) is 22.7. The summed E-state index contributed by atoms with van der Waals surface area (Å²) in [5.41, 5.74) is 4.22. The summed E-state index contributed by atoms with van der Waals surface area (Å²) in [6.45, 7) is 10.6. The molecule has 1 N–H and O–H groups in total. The van der Waals surface area contributed by atoms with Crippen molar-refractivity contribution in [3.8, 4) is 17.1 Å². The molecule has 0 spiro atoms. The van der Waals surface area contributed by atoms with E-state index in [2.05, 4.69) is 35.5 Å². The molecule has 1 saturated heterocycles. The molecular weight excluding hydrogens is 639 g/mol. The van der Waals surface area contributed by atoms with Crippen LogP contribution in [0, 0.1) is 19.3 Å². The number of carbonyl (C=O) groups excluding carboxylic acids is 2. The van der Waals surface area contributed by atoms with Crippen LogP contribution in [0.25, 0.3) is 11.3 Å². The zero-order chi connectivity index (χ0) is 34.9. The summed E-state index contributed by atoms with van der Waals surface area (Å²) in [4.78, 5) is 41.0. The van der Waals surface area contributed by atoms with Crippen LogP contribution in [0.2, 0.25) is 0 Å². The Morgan fingerprint density at radius 3 is 2.39 bits per heavy atom. The number of aromatic nitrogens is 2. The van der Waals surface area contributed by atoms with Gasteiger partial charge in [0.25, 0.3) is 15.9 Å². The van der Waals surface area contributed by atoms with Crippen molar-refractivity contribution in [2.45, 2.75) is 70.9 Å². The number of sulfonamides is 1. The standard InChI is InChI=1S/C38H43N5O5S/c1-25-12-9-13-26(2)35(25)31-21-33-40-37(39-31)41-49(46,47)30-17-10-16-28(20-30)36(45)43(29(24-48-33)22-38(3,4)5)23-34(44)42-19-11-18-32(42)27-14-7-6-8-15-27/h6-10,12-17,20-21,29,32H,11,18-19,22-24H2,1-5H3,(H,39,40,41)/t29-,32?/m1/s1. The number of fused-ring (bicyclic) bond motifs is 4. The van der Waals surface area contributed by atoms with E-state index in [0.717, 1.165) is 35.1 Å². The summed E-state index contributed by atoms with van der Waals surface area (Å²) in [6.07, 6.45) is 2.20. The van der Waals surface area contributed by atoms with E-state index in [0.29, 0.717) is 18.7 Å². The number of rotatable bonds is 5. The molecule has 2 aliphatic heterocycles. The van der Waals surface area contributed by atoms with E-state index >= 15 is 0 Å². The number of nitrogens with zero attached hydrogens (tertiary/aromatic N) is 4. The predicted molar refractivity (Wildman–Crippen MR) is 189 cm³/mol. The van der Waals surface area contributed by atoms with Crippen LogP contribution in [0.3, 0.4) is 0 Å². The van der Waals surface area contributed by atoms with Crippen LogP contribution < -0.4 is 9.46 Å². The second-order valence-electron chi connectivity index (χ2n) is 14.1. The van der Waals surface area contributed by atoms with Gasteiger partial charge in [-0.05, 0) is 73.4 Å². The highest BCUT2D eigenvalue weighted by Crippen LogP contribution is 2.34. The molecule has 49 heavy (non-hydrogen) atoms. The fourth-order valence-electron chi connectivity index (χ4n) is 6.87. The number of amides is 2. The van der Waals surface area contributed by atoms with Gasteiger partial charge in [-0.25, -0.2) is 18.1 Å². The average molecular weight is 682 g/mol. The van der Waals surface area contributed by atoms with Crippen molar-refractivity contribution in [2.24, 2.45) is 5.41 Å². The van der Waals surface area contributed by atoms with E-state index in [9.17, 15) is 18.0 Å². The van der Waals surface area contributed by atoms with Gasteiger partial charge in [0.2, 0.25) is 17.7 Å². The van der Waals surface area contributed by atoms with Crippen LogP contribution in [0.15, 0.2) is 83.8 Å². The topological polar surface area (TPSA) is 122 Å². The monoisotopic (exact) mass is 681 g/mol. The predicted octanol–water partition coefficient (Wildman–Crippen LogP) is 6.56. The lowest BCUT2D eigenvalue weighted by atomic mass is 9.87. The van der Waals surface area contributed by atoms with Gasteiger partial charge in [0.15, 0.2) is 0 Å². The maximum Gasteiger partial charge on any atom is 0.264 e. The first-order chi connectivity index (χ1) is 23.3. The van der Waals surface area contributed by atoms with E-state index in [-0.39, 0.29) is 52.8 Å². The average Bonchev–Trinajstić information content (AvgIpc) is 3.55. The van der Waals surface area contributed by atoms with Gasteiger partial charge >= 0.3 is 0 Å². The molecule has 0 aliphatic carbocycles. The van der Waals surface area contributed by atoms with Crippen molar-refractivity contribution in [3.05, 3.63) is 101 Å². The molecule has 2 amide bonds. The summed E-state index contributed by atoms with van der Waals surface area (Å²) in [5, 5.41) is 0. The molecule has 6 rings (SSSR count). The van der Waals surface area contributed by atoms with Crippen LogP contribution >= 0.6 is 0 Å². The third kappa shape index (κ3) is 7.62. The first-order valence-electron chi connectivity index (χ1n) is 16.7. The van der Waals surface area contributed by atoms with Crippen LogP contribution in [0.5, 0.6) is 5.88 Å². The molecule has 10 nitrogen and oxygen atoms in total. The number of likely N-dealkylation sites (tertiary alicyclic amines) is 1. The molecule has 0 saturated carbocycles. The summed E-state index contributed by atoms with van der Waals surface area (Å²) in [5.74, 6) is -0.619. The molecule has 1 fully saturated rings. The Morgan fingerprint density at radius 2 is 1.67 bits per heavy atom. The molecule has 1 unspecified atom stereocenters. The second kappa shape index (κ2) is 13.6. The zero-order valence-electron chi connectivity index (χ0n) is 28.6. The van der Waals surface area contributed by atoms with Crippen molar-refractivity contribution in [1.29, 1.82) is 0 Å². The summed E-state index contributed by atoms with van der Waals surface area (Å²) < 4.78 is 36.3. The third-order valence-corrected chi connectivity index (χ3v) is 10.4. The molecule has 3 aromatic carbocycles. The van der Waals surface area contributed by atoms with Crippen molar-refractivity contribution >= 4 is 27.8 Å². The van der Waals surface area contributed by atoms with E-state index < -0.39 is 22.0 Å². The molecule has 1 aromatic heterocycles. The quantitative estimate of drug-likeness (QED) is 0.253. The Kier molecular flexibility index (Phi) is 9.48. The van der Waals surface area contributed by atoms with E-state index in [4.69, 9.17) is 4.74 Å². The highest BCUT2D eigenvalue weighted by atomic mass is 32.2. The number of carbonyl (C=O) groups is 2. The van der Waals surface area contributed by atoms with Crippen molar-refractivity contribution in [1.82, 2.24) is 19.8 Å². The Morgan fingerprint density at radius 1 is 0.959 bits per heavy atom. The number of anilines is 1. The van der Waals surface area contributed by atoms with Crippen LogP contribution in [0.1, 0.15) is 73.1 Å². The maximum absolute atomic E-state index is 14.5. The molecule has 3 heterocycles. The van der Waals surface area contributed by atoms with Gasteiger partial charge in [-0.3, -0.25) is 9.59 Å². The van der Waals surface area contributed by atoms with E-state index in [1.807, 2.05) is 67.3 Å². The number of benzene rings is 3. The van der Waals surface area contributed by atoms with Gasteiger partial charge in [-0.1, -0.05) is 75.4 Å². The van der Waals surface area contributed by atoms with Gasteiger partial charge in [-0.2, -0.15) is 4.98 Å². The Bertz CT molecular complexity index is 1960. The third-order valence-electron chi connectivity index (χ3n) is 9.09. The van der Waals surface area contributed by atoms with Gasteiger partial charge in [-0.15, -0.1) is 0 Å². The van der Waals surface area contributed by atoms with Gasteiger partial charge < -0.3 is 14.5 Å². The molecular formula is C38H43N5O5S. The fraction of sp³-hybridized carbons (Fsp3) is 0.368. The smallest absolute Gasteiger partial charge is 0.264 e. The maximum atomic E-state index is 14.5. The number of hydrogen-bond donors (Lipinski definition) is 1. The largest absolute Gasteiger partial charge is 0.475 e. The Balaban J connectivity index is 1.44. The first kappa shape index (κ1) is 34.1. The summed E-state index contributed by atoms with van der Waals surface area (Å²) >= 11 is 0. The normalized spacial score (nSPS) is 19.2. The minimum atomic E-state index is -4.21. The zero-order valence-corrected chi connectivity index (χ0v) is 29.5.